The van der Waals surface area contributed by atoms with Crippen molar-refractivity contribution in [1.82, 2.24) is 4.98 Å². The Kier molecular flexibility index (Phi) is 10.1. The fourth-order valence-corrected chi connectivity index (χ4v) is 4.76. The van der Waals surface area contributed by atoms with Crippen molar-refractivity contribution in [3.05, 3.63) is 48.2 Å². The number of rotatable bonds is 15. The minimum absolute atomic E-state index is 0.0167. The molecule has 0 saturated heterocycles. The highest BCUT2D eigenvalue weighted by molar-refractivity contribution is 7.92. The Morgan fingerprint density at radius 2 is 1.97 bits per heavy atom. The predicted octanol–water partition coefficient (Wildman–Crippen LogP) is 5.28. The van der Waals surface area contributed by atoms with Crippen molar-refractivity contribution in [2.45, 2.75) is 20.3 Å². The summed E-state index contributed by atoms with van der Waals surface area (Å²) in [5.74, 6) is -1.75. The van der Waals surface area contributed by atoms with Crippen LogP contribution in [0.5, 0.6) is 5.75 Å². The fourth-order valence-electron chi connectivity index (χ4n) is 3.63. The van der Waals surface area contributed by atoms with Crippen LogP contribution in [0.25, 0.3) is 21.9 Å². The smallest absolute Gasteiger partial charge is 0.232 e. The number of hydrogen-bond donors (Lipinski definition) is 3. The van der Waals surface area contributed by atoms with Crippen LogP contribution in [0.1, 0.15) is 20.3 Å². The molecule has 0 spiro atoms. The zero-order valence-electron chi connectivity index (χ0n) is 20.9. The summed E-state index contributed by atoms with van der Waals surface area (Å²) in [4.78, 5) is 13.6. The van der Waals surface area contributed by atoms with Crippen molar-refractivity contribution in [3.8, 4) is 16.9 Å². The molecule has 0 amide bonds. The minimum atomic E-state index is -3.84. The SMILES string of the molecule is CCCS(=O)(=O)Nc1ccc(F)c(-c2cc3cnc(NC[C@H](C)COOC=N)cc3cc2OCCF)c1F. The van der Waals surface area contributed by atoms with E-state index in [1.165, 1.54) is 18.3 Å². The Hall–Kier alpha value is -3.58. The highest BCUT2D eigenvalue weighted by Gasteiger charge is 2.22. The number of hydrogen-bond acceptors (Lipinski definition) is 8. The van der Waals surface area contributed by atoms with Crippen molar-refractivity contribution >= 4 is 38.7 Å². The van der Waals surface area contributed by atoms with Crippen LogP contribution in [0, 0.1) is 23.0 Å². The first-order chi connectivity index (χ1) is 18.2. The average Bonchev–Trinajstić information content (AvgIpc) is 2.88. The first-order valence-electron chi connectivity index (χ1n) is 11.8. The van der Waals surface area contributed by atoms with Crippen molar-refractivity contribution < 1.29 is 36.1 Å². The molecule has 2 aromatic carbocycles. The normalized spacial score (nSPS) is 12.2. The monoisotopic (exact) mass is 554 g/mol. The van der Waals surface area contributed by atoms with Crippen molar-refractivity contribution in [1.29, 1.82) is 5.41 Å². The molecule has 9 nitrogen and oxygen atoms in total. The highest BCUT2D eigenvalue weighted by Crippen LogP contribution is 2.39. The number of nitrogens with one attached hydrogen (secondary N) is 3. The second-order valence-electron chi connectivity index (χ2n) is 8.49. The van der Waals surface area contributed by atoms with E-state index in [9.17, 15) is 17.2 Å². The molecule has 13 heteroatoms. The van der Waals surface area contributed by atoms with E-state index in [4.69, 9.17) is 15.0 Å². The summed E-state index contributed by atoms with van der Waals surface area (Å²) in [7, 11) is -3.84. The summed E-state index contributed by atoms with van der Waals surface area (Å²) in [5.41, 5.74) is -0.939. The second kappa shape index (κ2) is 13.3. The maximum absolute atomic E-state index is 15.5. The molecule has 3 N–H and O–H groups in total. The number of sulfonamides is 1. The molecular formula is C25H29F3N4O5S. The highest BCUT2D eigenvalue weighted by atomic mass is 32.2. The van der Waals surface area contributed by atoms with Gasteiger partial charge in [0.25, 0.3) is 0 Å². The molecule has 0 unspecified atom stereocenters. The van der Waals surface area contributed by atoms with E-state index in [0.717, 1.165) is 12.1 Å². The fraction of sp³-hybridized carbons (Fsp3) is 0.360. The lowest BCUT2D eigenvalue weighted by molar-refractivity contribution is -0.224. The third-order valence-electron chi connectivity index (χ3n) is 5.35. The lowest BCUT2D eigenvalue weighted by Gasteiger charge is -2.17. The lowest BCUT2D eigenvalue weighted by Crippen LogP contribution is -2.17. The van der Waals surface area contributed by atoms with Crippen LogP contribution in [0.2, 0.25) is 0 Å². The number of fused-ring (bicyclic) bond motifs is 1. The minimum Gasteiger partial charge on any atom is -0.490 e. The molecule has 1 aromatic heterocycles. The molecule has 0 bridgehead atoms. The zero-order valence-corrected chi connectivity index (χ0v) is 21.7. The Balaban J connectivity index is 1.99. The number of halogens is 3. The molecule has 0 radical (unpaired) electrons. The second-order valence-corrected chi connectivity index (χ2v) is 10.3. The molecule has 1 atom stereocenters. The van der Waals surface area contributed by atoms with Crippen LogP contribution < -0.4 is 14.8 Å². The maximum Gasteiger partial charge on any atom is 0.232 e. The van der Waals surface area contributed by atoms with Crippen molar-refractivity contribution in [2.24, 2.45) is 5.92 Å². The van der Waals surface area contributed by atoms with Gasteiger partial charge in [-0.15, -0.1) is 0 Å². The molecule has 1 heterocycles. The quantitative estimate of drug-likeness (QED) is 0.0768. The molecule has 3 rings (SSSR count). The zero-order chi connectivity index (χ0) is 27.7. The maximum atomic E-state index is 15.5. The number of aromatic nitrogens is 1. The van der Waals surface area contributed by atoms with Gasteiger partial charge in [0.1, 0.15) is 30.7 Å². The first-order valence-corrected chi connectivity index (χ1v) is 13.5. The molecule has 0 aliphatic heterocycles. The summed E-state index contributed by atoms with van der Waals surface area (Å²) in [6.07, 6.45) is 2.50. The number of pyridine rings is 1. The summed E-state index contributed by atoms with van der Waals surface area (Å²) >= 11 is 0. The van der Waals surface area contributed by atoms with Crippen molar-refractivity contribution in [3.63, 3.8) is 0 Å². The van der Waals surface area contributed by atoms with Gasteiger partial charge >= 0.3 is 0 Å². The van der Waals surface area contributed by atoms with Gasteiger partial charge in [-0.05, 0) is 42.1 Å². The third kappa shape index (κ3) is 7.48. The molecule has 206 valence electrons. The molecule has 3 aromatic rings. The van der Waals surface area contributed by atoms with E-state index in [-0.39, 0.29) is 36.2 Å². The molecule has 0 aliphatic rings. The van der Waals surface area contributed by atoms with Gasteiger partial charge in [-0.1, -0.05) is 13.8 Å². The van der Waals surface area contributed by atoms with E-state index < -0.39 is 39.6 Å². The van der Waals surface area contributed by atoms with Gasteiger partial charge in [0.15, 0.2) is 5.82 Å². The molecule has 0 fully saturated rings. The summed E-state index contributed by atoms with van der Waals surface area (Å²) in [6.45, 7) is 3.09. The van der Waals surface area contributed by atoms with Gasteiger partial charge in [0.05, 0.1) is 23.6 Å². The van der Waals surface area contributed by atoms with Gasteiger partial charge in [-0.25, -0.2) is 26.6 Å². The van der Waals surface area contributed by atoms with Gasteiger partial charge in [0.2, 0.25) is 16.4 Å². The van der Waals surface area contributed by atoms with Crippen molar-refractivity contribution in [2.75, 3.05) is 42.2 Å². The summed E-state index contributed by atoms with van der Waals surface area (Å²) in [5, 5.41) is 11.0. The van der Waals surface area contributed by atoms with E-state index in [1.54, 1.807) is 13.0 Å². The number of benzene rings is 2. The van der Waals surface area contributed by atoms with E-state index in [1.807, 2.05) is 6.92 Å². The molecule has 0 aliphatic carbocycles. The standard InChI is InChI=1S/C25H29F3N4O5S/c1-3-8-38(33,34)32-21-5-4-20(27)24(25(21)28)19-9-18-13-31-23(30-12-16(2)14-36-37-15-29)11-17(18)10-22(19)35-7-6-26/h4-5,9-11,13,15-16,29,32H,3,6-8,12,14H2,1-2H3,(H,30,31)/t16-/m0/s1. The van der Waals surface area contributed by atoms with Gasteiger partial charge in [0, 0.05) is 29.6 Å². The molecule has 38 heavy (non-hydrogen) atoms. The Morgan fingerprint density at radius 3 is 2.68 bits per heavy atom. The van der Waals surface area contributed by atoms with E-state index in [0.29, 0.717) is 36.0 Å². The number of nitrogens with zero attached hydrogens (tertiary/aromatic N) is 1. The summed E-state index contributed by atoms with van der Waals surface area (Å²) in [6, 6.07) is 6.63. The van der Waals surface area contributed by atoms with E-state index in [2.05, 4.69) is 19.9 Å². The van der Waals surface area contributed by atoms with E-state index >= 15 is 4.39 Å². The third-order valence-corrected chi connectivity index (χ3v) is 6.83. The summed E-state index contributed by atoms with van der Waals surface area (Å²) < 4.78 is 75.4. The number of anilines is 2. The van der Waals surface area contributed by atoms with Crippen LogP contribution in [-0.4, -0.2) is 52.0 Å². The Labute approximate surface area is 218 Å². The van der Waals surface area contributed by atoms with Crippen LogP contribution in [-0.2, 0) is 19.8 Å². The van der Waals surface area contributed by atoms with Gasteiger partial charge in [-0.3, -0.25) is 10.1 Å². The van der Waals surface area contributed by atoms with Crippen LogP contribution in [0.4, 0.5) is 24.7 Å². The van der Waals surface area contributed by atoms with Crippen LogP contribution in [0.15, 0.2) is 36.5 Å². The predicted molar refractivity (Wildman–Crippen MR) is 140 cm³/mol. The van der Waals surface area contributed by atoms with Gasteiger partial charge < -0.3 is 14.9 Å². The topological polar surface area (TPSA) is 123 Å². The molecular weight excluding hydrogens is 525 g/mol. The number of ether oxygens (including phenoxy) is 1. The Bertz CT molecular complexity index is 1370. The largest absolute Gasteiger partial charge is 0.490 e. The lowest BCUT2D eigenvalue weighted by atomic mass is 9.99. The average molecular weight is 555 g/mol. The van der Waals surface area contributed by atoms with Crippen LogP contribution in [0.3, 0.4) is 0 Å². The van der Waals surface area contributed by atoms with Gasteiger partial charge in [-0.2, -0.15) is 4.89 Å². The molecule has 0 saturated carbocycles. The number of alkyl halides is 1. The van der Waals surface area contributed by atoms with Crippen LogP contribution >= 0.6 is 0 Å². The Morgan fingerprint density at radius 1 is 1.18 bits per heavy atom. The first kappa shape index (κ1) is 29.0.